The van der Waals surface area contributed by atoms with E-state index < -0.39 is 35.1 Å². The molecule has 65 heavy (non-hydrogen) atoms. The zero-order valence-corrected chi connectivity index (χ0v) is 37.9. The number of thioether (sulfide) groups is 1. The van der Waals surface area contributed by atoms with Crippen molar-refractivity contribution in [1.29, 1.82) is 0 Å². The van der Waals surface area contributed by atoms with Gasteiger partial charge in [-0.15, -0.1) is 11.8 Å². The molecule has 1 spiro atoms. The number of piperazine rings is 1. The normalized spacial score (nSPS) is 26.3. The molecular formula is C51H53N3O10S. The number of methoxy groups -OCH3 is 2. The summed E-state index contributed by atoms with van der Waals surface area (Å²) in [5, 5.41) is 28.5. The number of nitrogens with one attached hydrogen (secondary N) is 1. The van der Waals surface area contributed by atoms with Gasteiger partial charge in [-0.1, -0.05) is 66.7 Å². The molecule has 0 aromatic heterocycles. The molecule has 4 bridgehead atoms. The number of phenols is 1. The Hall–Kier alpha value is -5.64. The van der Waals surface area contributed by atoms with Crippen LogP contribution in [-0.4, -0.2) is 91.3 Å². The van der Waals surface area contributed by atoms with Crippen molar-refractivity contribution in [2.24, 2.45) is 0 Å². The molecule has 13 nitrogen and oxygen atoms in total. The Morgan fingerprint density at radius 1 is 0.846 bits per heavy atom. The molecule has 14 heteroatoms. The molecule has 338 valence electrons. The number of aliphatic hydroxyl groups excluding tert-OH is 1. The molecule has 2 fully saturated rings. The number of hydrogen-bond acceptors (Lipinski definition) is 14. The molecule has 7 aliphatic heterocycles. The number of aromatic hydroxyl groups is 1. The SMILES string of the molecule is COc1cc2c(cc1OCc1ccccc1)CCN[C@]21CS[C@@H]2c3c(O)c(C)c4c(c3[C@H](COC1=O)N1C2[C@@H]2c3c(cc(C)c(OC)c3OCc3ccccc3)C[C@@H]([C@@H]1O)N2C)OCO4. The van der Waals surface area contributed by atoms with Crippen molar-refractivity contribution in [3.63, 3.8) is 0 Å². The zero-order valence-electron chi connectivity index (χ0n) is 37.1. The van der Waals surface area contributed by atoms with Gasteiger partial charge in [0, 0.05) is 40.6 Å². The molecule has 0 saturated carbocycles. The number of phenolic OH excluding ortho intramolecular Hbond substituents is 1. The van der Waals surface area contributed by atoms with Crippen LogP contribution < -0.4 is 33.7 Å². The van der Waals surface area contributed by atoms with Gasteiger partial charge in [0.15, 0.2) is 40.0 Å². The monoisotopic (exact) mass is 899 g/mol. The maximum absolute atomic E-state index is 15.1. The molecule has 12 rings (SSSR count). The minimum Gasteiger partial charge on any atom is -0.507 e. The van der Waals surface area contributed by atoms with Crippen molar-refractivity contribution in [3.05, 3.63) is 134 Å². The Balaban J connectivity index is 1.07. The van der Waals surface area contributed by atoms with Crippen molar-refractivity contribution in [2.75, 3.05) is 47.0 Å². The standard InChI is InChI=1S/C51H53N3O10S/c1-27-18-32-19-34-49(56)54-35-24-62-50(57)51(33-21-36(58-4)37(20-31(33)16-17-52-51)60-22-29-12-8-6-9-13-29)25-65-48(40-39(35)47-45(63-26-64-47)28(2)43(40)55)42(54)41(53(34)3)38(32)46(44(27)59-5)61-23-30-14-10-7-11-15-30/h6-15,18,20-21,34-35,41-42,48-49,52,55-56H,16-17,19,22-26H2,1-5H3/t34-,35-,41-,42?,48+,49-,51+/m0/s1. The summed E-state index contributed by atoms with van der Waals surface area (Å²) in [6.45, 7) is 4.91. The van der Waals surface area contributed by atoms with Crippen LogP contribution in [0.15, 0.2) is 78.9 Å². The molecule has 3 N–H and O–H groups in total. The molecule has 7 heterocycles. The fourth-order valence-corrected chi connectivity index (χ4v) is 13.1. The lowest BCUT2D eigenvalue weighted by Gasteiger charge is -2.62. The van der Waals surface area contributed by atoms with E-state index in [1.54, 1.807) is 26.0 Å². The van der Waals surface area contributed by atoms with E-state index in [4.69, 9.17) is 33.2 Å². The average molecular weight is 900 g/mol. The van der Waals surface area contributed by atoms with E-state index >= 15 is 4.79 Å². The molecule has 5 aromatic carbocycles. The van der Waals surface area contributed by atoms with Gasteiger partial charge in [-0.2, -0.15) is 0 Å². The Bertz CT molecular complexity index is 2690. The minimum atomic E-state index is -1.30. The summed E-state index contributed by atoms with van der Waals surface area (Å²) in [6.07, 6.45) is 0.197. The number of aryl methyl sites for hydroxylation is 1. The van der Waals surface area contributed by atoms with Gasteiger partial charge in [0.2, 0.25) is 6.79 Å². The second kappa shape index (κ2) is 16.4. The van der Waals surface area contributed by atoms with Gasteiger partial charge in [0.25, 0.3) is 0 Å². The summed E-state index contributed by atoms with van der Waals surface area (Å²) in [5.74, 6) is 3.25. The van der Waals surface area contributed by atoms with Crippen LogP contribution in [0.2, 0.25) is 0 Å². The fraction of sp³-hybridized carbons (Fsp3) is 0.392. The highest BCUT2D eigenvalue weighted by molar-refractivity contribution is 7.99. The number of esters is 1. The molecule has 1 unspecified atom stereocenters. The molecular weight excluding hydrogens is 847 g/mol. The summed E-state index contributed by atoms with van der Waals surface area (Å²) < 4.78 is 44.2. The highest BCUT2D eigenvalue weighted by Gasteiger charge is 2.61. The van der Waals surface area contributed by atoms with E-state index in [1.807, 2.05) is 86.6 Å². The first-order valence-electron chi connectivity index (χ1n) is 22.2. The first-order valence-corrected chi connectivity index (χ1v) is 23.3. The van der Waals surface area contributed by atoms with Crippen molar-refractivity contribution >= 4 is 17.7 Å². The van der Waals surface area contributed by atoms with Gasteiger partial charge in [-0.25, -0.2) is 4.79 Å². The molecule has 7 atom stereocenters. The van der Waals surface area contributed by atoms with E-state index in [1.165, 1.54) is 0 Å². The maximum Gasteiger partial charge on any atom is 0.331 e. The van der Waals surface area contributed by atoms with Crippen molar-refractivity contribution in [3.8, 4) is 40.2 Å². The summed E-state index contributed by atoms with van der Waals surface area (Å²) in [4.78, 5) is 19.5. The zero-order chi connectivity index (χ0) is 44.7. The second-order valence-corrected chi connectivity index (χ2v) is 19.0. The van der Waals surface area contributed by atoms with E-state index in [2.05, 4.69) is 28.2 Å². The van der Waals surface area contributed by atoms with Crippen LogP contribution in [0, 0.1) is 13.8 Å². The Labute approximate surface area is 382 Å². The first-order chi connectivity index (χ1) is 31.6. The number of benzene rings is 5. The number of ether oxygens (including phenoxy) is 7. The molecule has 0 radical (unpaired) electrons. The van der Waals surface area contributed by atoms with E-state index in [0.717, 1.165) is 38.9 Å². The topological polar surface area (TPSA) is 141 Å². The quantitative estimate of drug-likeness (QED) is 0.139. The number of aliphatic hydroxyl groups is 1. The average Bonchev–Trinajstić information content (AvgIpc) is 3.82. The van der Waals surface area contributed by atoms with Crippen LogP contribution in [0.1, 0.15) is 73.0 Å². The van der Waals surface area contributed by atoms with Gasteiger partial charge in [-0.05, 0) is 79.3 Å². The highest BCUT2D eigenvalue weighted by atomic mass is 32.2. The summed E-state index contributed by atoms with van der Waals surface area (Å²) in [6, 6.07) is 24.2. The largest absolute Gasteiger partial charge is 0.507 e. The Morgan fingerprint density at radius 2 is 1.57 bits per heavy atom. The lowest BCUT2D eigenvalue weighted by Crippen LogP contribution is -2.70. The van der Waals surface area contributed by atoms with E-state index in [9.17, 15) is 10.2 Å². The van der Waals surface area contributed by atoms with Crippen LogP contribution in [0.25, 0.3) is 0 Å². The smallest absolute Gasteiger partial charge is 0.331 e. The fourth-order valence-electron chi connectivity index (χ4n) is 11.4. The van der Waals surface area contributed by atoms with E-state index in [0.29, 0.717) is 83.8 Å². The lowest BCUT2D eigenvalue weighted by molar-refractivity contribution is -0.186. The minimum absolute atomic E-state index is 0.0202. The van der Waals surface area contributed by atoms with Crippen molar-refractivity contribution < 1.29 is 48.2 Å². The van der Waals surface area contributed by atoms with Crippen LogP contribution in [0.3, 0.4) is 0 Å². The van der Waals surface area contributed by atoms with Crippen LogP contribution in [0.5, 0.6) is 40.2 Å². The lowest BCUT2D eigenvalue weighted by atomic mass is 9.73. The van der Waals surface area contributed by atoms with Gasteiger partial charge in [0.1, 0.15) is 31.8 Å². The number of fused-ring (bicyclic) bond motifs is 9. The Morgan fingerprint density at radius 3 is 2.29 bits per heavy atom. The van der Waals surface area contributed by atoms with Crippen LogP contribution in [0.4, 0.5) is 0 Å². The number of rotatable bonds is 8. The number of carbonyl (C=O) groups excluding carboxylic acids is 1. The number of nitrogens with zero attached hydrogens (tertiary/aromatic N) is 2. The highest BCUT2D eigenvalue weighted by Crippen LogP contribution is 2.64. The molecule has 0 amide bonds. The van der Waals surface area contributed by atoms with E-state index in [-0.39, 0.29) is 37.0 Å². The van der Waals surface area contributed by atoms with Gasteiger partial charge >= 0.3 is 5.97 Å². The number of likely N-dealkylation sites (N-methyl/N-ethyl adjacent to an activating group) is 1. The number of hydrogen-bond donors (Lipinski definition) is 3. The summed E-state index contributed by atoms with van der Waals surface area (Å²) in [7, 11) is 5.35. The third-order valence-electron chi connectivity index (χ3n) is 14.5. The van der Waals surface area contributed by atoms with Gasteiger partial charge in [0.05, 0.1) is 37.6 Å². The van der Waals surface area contributed by atoms with Crippen molar-refractivity contribution in [1.82, 2.24) is 15.1 Å². The molecule has 7 aliphatic rings. The third-order valence-corrected chi connectivity index (χ3v) is 15.9. The second-order valence-electron chi connectivity index (χ2n) is 17.9. The molecule has 5 aromatic rings. The molecule has 0 aliphatic carbocycles. The first kappa shape index (κ1) is 42.0. The maximum atomic E-state index is 15.1. The van der Waals surface area contributed by atoms with Gasteiger partial charge in [-0.3, -0.25) is 15.1 Å². The van der Waals surface area contributed by atoms with Crippen molar-refractivity contribution in [2.45, 2.75) is 81.1 Å². The summed E-state index contributed by atoms with van der Waals surface area (Å²) >= 11 is 1.56. The summed E-state index contributed by atoms with van der Waals surface area (Å²) in [5.41, 5.74) is 7.37. The third kappa shape index (κ3) is 6.54. The van der Waals surface area contributed by atoms with Crippen LogP contribution >= 0.6 is 11.8 Å². The van der Waals surface area contributed by atoms with Crippen LogP contribution in [-0.2, 0) is 41.1 Å². The molecule has 2 saturated heterocycles. The predicted molar refractivity (Wildman–Crippen MR) is 243 cm³/mol. The predicted octanol–water partition coefficient (Wildman–Crippen LogP) is 6.94. The Kier molecular flexibility index (Phi) is 10.6. The van der Waals surface area contributed by atoms with Gasteiger partial charge < -0.3 is 43.4 Å². The number of carbonyl (C=O) groups is 1.